The average Bonchev–Trinajstić information content (AvgIpc) is 2.21. The van der Waals surface area contributed by atoms with Crippen molar-refractivity contribution in [2.45, 2.75) is 64.2 Å². The van der Waals surface area contributed by atoms with Crippen LogP contribution in [-0.4, -0.2) is 37.7 Å². The third-order valence-electron chi connectivity index (χ3n) is 3.97. The van der Waals surface area contributed by atoms with Gasteiger partial charge in [0.2, 0.25) is 0 Å². The summed E-state index contributed by atoms with van der Waals surface area (Å²) in [5, 5.41) is 0. The fourth-order valence-electron chi connectivity index (χ4n) is 3.21. The third kappa shape index (κ3) is 4.60. The summed E-state index contributed by atoms with van der Waals surface area (Å²) < 4.78 is 0. The molecule has 0 heterocycles. The molecular formula is C12H25CaCl. The predicted molar refractivity (Wildman–Crippen MR) is 68.9 cm³/mol. The fourth-order valence-corrected chi connectivity index (χ4v) is 3.21. The van der Waals surface area contributed by atoms with Crippen LogP contribution in [0.25, 0.3) is 0 Å². The molecule has 0 atom stereocenters. The van der Waals surface area contributed by atoms with Gasteiger partial charge in [-0.2, -0.15) is 0 Å². The van der Waals surface area contributed by atoms with Crippen LogP contribution in [0.15, 0.2) is 0 Å². The molecule has 0 nitrogen and oxygen atoms in total. The van der Waals surface area contributed by atoms with Gasteiger partial charge in [0, 0.05) is 0 Å². The number of rotatable bonds is 1. The first kappa shape index (κ1) is 15.5. The van der Waals surface area contributed by atoms with Gasteiger partial charge >= 0.3 is 37.7 Å². The summed E-state index contributed by atoms with van der Waals surface area (Å²) >= 11 is 0. The van der Waals surface area contributed by atoms with E-state index in [0.717, 1.165) is 11.8 Å². The van der Waals surface area contributed by atoms with E-state index in [1.54, 1.807) is 25.7 Å². The van der Waals surface area contributed by atoms with E-state index in [2.05, 4.69) is 0 Å². The maximum atomic E-state index is 1.56. The molecule has 0 aromatic carbocycles. The summed E-state index contributed by atoms with van der Waals surface area (Å²) in [4.78, 5) is 0. The molecule has 2 aliphatic carbocycles. The fraction of sp³-hybridized carbons (Fsp3) is 1.00. The second-order valence-corrected chi connectivity index (χ2v) is 4.80. The van der Waals surface area contributed by atoms with Crippen LogP contribution in [0.4, 0.5) is 0 Å². The van der Waals surface area contributed by atoms with Gasteiger partial charge in [0.25, 0.3) is 0 Å². The molecule has 2 fully saturated rings. The Morgan fingerprint density at radius 1 is 0.500 bits per heavy atom. The molecule has 0 radical (unpaired) electrons. The SMILES string of the molecule is C1CCC(C2CCCCC2)CC1.Cl.[CaH2]. The average molecular weight is 245 g/mol. The minimum absolute atomic E-state index is 0. The zero-order valence-corrected chi connectivity index (χ0v) is 9.45. The summed E-state index contributed by atoms with van der Waals surface area (Å²) in [6.45, 7) is 0. The Morgan fingerprint density at radius 3 is 1.07 bits per heavy atom. The zero-order chi connectivity index (χ0) is 8.23. The van der Waals surface area contributed by atoms with E-state index in [4.69, 9.17) is 0 Å². The second-order valence-electron chi connectivity index (χ2n) is 4.80. The molecule has 2 heteroatoms. The van der Waals surface area contributed by atoms with E-state index in [-0.39, 0.29) is 50.1 Å². The van der Waals surface area contributed by atoms with E-state index in [1.807, 2.05) is 0 Å². The molecule has 0 aliphatic heterocycles. The molecule has 0 aromatic heterocycles. The Labute approximate surface area is 125 Å². The van der Waals surface area contributed by atoms with Crippen LogP contribution in [0.2, 0.25) is 0 Å². The topological polar surface area (TPSA) is 0 Å². The van der Waals surface area contributed by atoms with Crippen molar-refractivity contribution in [3.63, 3.8) is 0 Å². The zero-order valence-electron chi connectivity index (χ0n) is 8.63. The molecule has 0 bridgehead atoms. The summed E-state index contributed by atoms with van der Waals surface area (Å²) in [6, 6.07) is 0. The van der Waals surface area contributed by atoms with Crippen LogP contribution in [0.1, 0.15) is 64.2 Å². The molecule has 2 rings (SSSR count). The number of halogens is 1. The Balaban J connectivity index is 0.000000845. The van der Waals surface area contributed by atoms with Gasteiger partial charge in [-0.1, -0.05) is 64.2 Å². The van der Waals surface area contributed by atoms with Crippen molar-refractivity contribution in [3.8, 4) is 0 Å². The molecule has 0 spiro atoms. The van der Waals surface area contributed by atoms with Gasteiger partial charge in [-0.15, -0.1) is 12.4 Å². The summed E-state index contributed by atoms with van der Waals surface area (Å²) in [7, 11) is 0. The molecule has 0 unspecified atom stereocenters. The normalized spacial score (nSPS) is 24.9. The van der Waals surface area contributed by atoms with Gasteiger partial charge in [0.1, 0.15) is 0 Å². The molecule has 0 saturated heterocycles. The van der Waals surface area contributed by atoms with Crippen molar-refractivity contribution in [2.24, 2.45) is 11.8 Å². The van der Waals surface area contributed by atoms with Crippen molar-refractivity contribution in [3.05, 3.63) is 0 Å². The van der Waals surface area contributed by atoms with Gasteiger partial charge in [-0.25, -0.2) is 0 Å². The van der Waals surface area contributed by atoms with Crippen LogP contribution in [0, 0.1) is 11.8 Å². The number of hydrogen-bond acceptors (Lipinski definition) is 0. The molecule has 0 N–H and O–H groups in total. The van der Waals surface area contributed by atoms with Crippen molar-refractivity contribution in [2.75, 3.05) is 0 Å². The molecule has 0 aromatic rings. The first-order chi connectivity index (χ1) is 5.97. The van der Waals surface area contributed by atoms with Crippen molar-refractivity contribution < 1.29 is 0 Å². The summed E-state index contributed by atoms with van der Waals surface area (Å²) in [5.74, 6) is 2.28. The van der Waals surface area contributed by atoms with E-state index < -0.39 is 0 Å². The Morgan fingerprint density at radius 2 is 0.786 bits per heavy atom. The van der Waals surface area contributed by atoms with E-state index in [1.165, 1.54) is 38.5 Å². The molecule has 14 heavy (non-hydrogen) atoms. The number of hydrogen-bond donors (Lipinski definition) is 0. The first-order valence-corrected chi connectivity index (χ1v) is 5.97. The Kier molecular flexibility index (Phi) is 9.63. The van der Waals surface area contributed by atoms with Crippen LogP contribution in [0.3, 0.4) is 0 Å². The van der Waals surface area contributed by atoms with E-state index >= 15 is 0 Å². The van der Waals surface area contributed by atoms with Crippen LogP contribution in [-0.2, 0) is 0 Å². The van der Waals surface area contributed by atoms with Crippen LogP contribution < -0.4 is 0 Å². The summed E-state index contributed by atoms with van der Waals surface area (Å²) in [6.07, 6.45) is 15.4. The van der Waals surface area contributed by atoms with Crippen molar-refractivity contribution >= 4 is 50.1 Å². The Bertz CT molecular complexity index is 110. The van der Waals surface area contributed by atoms with Gasteiger partial charge in [0.15, 0.2) is 0 Å². The second kappa shape index (κ2) is 8.67. The van der Waals surface area contributed by atoms with E-state index in [9.17, 15) is 0 Å². The first-order valence-electron chi connectivity index (χ1n) is 5.97. The minimum atomic E-state index is 0. The Hall–Kier alpha value is 1.55. The summed E-state index contributed by atoms with van der Waals surface area (Å²) in [5.41, 5.74) is 0. The molecule has 2 aliphatic rings. The molecular weight excluding hydrogens is 220 g/mol. The van der Waals surface area contributed by atoms with Crippen LogP contribution >= 0.6 is 12.4 Å². The van der Waals surface area contributed by atoms with Crippen molar-refractivity contribution in [1.82, 2.24) is 0 Å². The quantitative estimate of drug-likeness (QED) is 0.618. The van der Waals surface area contributed by atoms with Crippen LogP contribution in [0.5, 0.6) is 0 Å². The third-order valence-corrected chi connectivity index (χ3v) is 3.97. The van der Waals surface area contributed by atoms with Gasteiger partial charge in [0.05, 0.1) is 0 Å². The monoisotopic (exact) mass is 244 g/mol. The molecule has 2 saturated carbocycles. The van der Waals surface area contributed by atoms with Crippen molar-refractivity contribution in [1.29, 1.82) is 0 Å². The van der Waals surface area contributed by atoms with Gasteiger partial charge in [-0.3, -0.25) is 0 Å². The van der Waals surface area contributed by atoms with E-state index in [0.29, 0.717) is 0 Å². The standard InChI is InChI=1S/C12H22.Ca.ClH.2H/c1-3-7-11(8-4-1)12-9-5-2-6-10-12;;;;/h11-12H,1-10H2;;1H;;. The van der Waals surface area contributed by atoms with Gasteiger partial charge < -0.3 is 0 Å². The van der Waals surface area contributed by atoms with Gasteiger partial charge in [-0.05, 0) is 11.8 Å². The molecule has 82 valence electrons. The predicted octanol–water partition coefficient (Wildman–Crippen LogP) is 3.65. The molecule has 0 amide bonds. The maximum absolute atomic E-state index is 1.56.